The Hall–Kier alpha value is -1.82. The molecule has 0 aromatic carbocycles. The van der Waals surface area contributed by atoms with Crippen molar-refractivity contribution < 1.29 is 4.74 Å². The SMILES string of the molecule is COc1ccn(-c2n[nH]c(Cl)cc2=O)n1. The van der Waals surface area contributed by atoms with Crippen molar-refractivity contribution in [3.8, 4) is 11.7 Å². The molecular weight excluding hydrogens is 220 g/mol. The first-order valence-corrected chi connectivity index (χ1v) is 4.44. The van der Waals surface area contributed by atoms with E-state index >= 15 is 0 Å². The lowest BCUT2D eigenvalue weighted by Gasteiger charge is -1.98. The van der Waals surface area contributed by atoms with Gasteiger partial charge in [0.05, 0.1) is 7.11 Å². The summed E-state index contributed by atoms with van der Waals surface area (Å²) in [5.74, 6) is 0.550. The molecule has 1 N–H and O–H groups in total. The van der Waals surface area contributed by atoms with E-state index < -0.39 is 0 Å². The van der Waals surface area contributed by atoms with Crippen molar-refractivity contribution in [1.29, 1.82) is 0 Å². The van der Waals surface area contributed by atoms with E-state index in [1.807, 2.05) is 0 Å². The lowest BCUT2D eigenvalue weighted by molar-refractivity contribution is 0.394. The van der Waals surface area contributed by atoms with Gasteiger partial charge in [-0.2, -0.15) is 5.10 Å². The molecule has 7 heteroatoms. The molecule has 0 atom stereocenters. The highest BCUT2D eigenvalue weighted by Gasteiger charge is 2.06. The van der Waals surface area contributed by atoms with Crippen LogP contribution in [0.2, 0.25) is 5.15 Å². The van der Waals surface area contributed by atoms with Crippen LogP contribution < -0.4 is 10.2 Å². The Morgan fingerprint density at radius 3 is 3.00 bits per heavy atom. The topological polar surface area (TPSA) is 72.8 Å². The van der Waals surface area contributed by atoms with E-state index in [4.69, 9.17) is 16.3 Å². The van der Waals surface area contributed by atoms with Crippen molar-refractivity contribution in [2.24, 2.45) is 0 Å². The quantitative estimate of drug-likeness (QED) is 0.815. The highest BCUT2D eigenvalue weighted by molar-refractivity contribution is 6.29. The van der Waals surface area contributed by atoms with E-state index in [9.17, 15) is 4.79 Å². The molecule has 0 fully saturated rings. The molecule has 0 spiro atoms. The summed E-state index contributed by atoms with van der Waals surface area (Å²) in [6.45, 7) is 0. The Morgan fingerprint density at radius 2 is 2.40 bits per heavy atom. The molecule has 0 amide bonds. The molecule has 2 heterocycles. The molecule has 0 radical (unpaired) electrons. The fourth-order valence-electron chi connectivity index (χ4n) is 1.07. The number of methoxy groups -OCH3 is 1. The van der Waals surface area contributed by atoms with Gasteiger partial charge in [0.25, 0.3) is 0 Å². The fraction of sp³-hybridized carbons (Fsp3) is 0.125. The van der Waals surface area contributed by atoms with Crippen LogP contribution in [0, 0.1) is 0 Å². The van der Waals surface area contributed by atoms with Crippen LogP contribution in [0.15, 0.2) is 23.1 Å². The summed E-state index contributed by atoms with van der Waals surface area (Å²) < 4.78 is 6.20. The van der Waals surface area contributed by atoms with Gasteiger partial charge < -0.3 is 4.74 Å². The summed E-state index contributed by atoms with van der Waals surface area (Å²) in [6, 6.07) is 2.85. The van der Waals surface area contributed by atoms with Crippen LogP contribution in [0.25, 0.3) is 5.82 Å². The summed E-state index contributed by atoms with van der Waals surface area (Å²) >= 11 is 5.56. The molecular formula is C8H7ClN4O2. The van der Waals surface area contributed by atoms with E-state index in [0.29, 0.717) is 5.88 Å². The van der Waals surface area contributed by atoms with Gasteiger partial charge in [-0.3, -0.25) is 9.89 Å². The number of aromatic nitrogens is 4. The molecule has 2 aromatic heterocycles. The lowest BCUT2D eigenvalue weighted by Crippen LogP contribution is -2.14. The Bertz CT molecular complexity index is 533. The average molecular weight is 227 g/mol. The number of halogens is 1. The summed E-state index contributed by atoms with van der Waals surface area (Å²) in [4.78, 5) is 11.5. The second-order valence-corrected chi connectivity index (χ2v) is 3.11. The van der Waals surface area contributed by atoms with Crippen LogP contribution in [0.4, 0.5) is 0 Å². The zero-order valence-electron chi connectivity index (χ0n) is 7.77. The summed E-state index contributed by atoms with van der Waals surface area (Å²) in [6.07, 6.45) is 1.57. The zero-order valence-corrected chi connectivity index (χ0v) is 8.52. The molecule has 0 saturated carbocycles. The Balaban J connectivity index is 2.49. The third kappa shape index (κ3) is 1.84. The van der Waals surface area contributed by atoms with E-state index in [1.54, 1.807) is 12.3 Å². The van der Waals surface area contributed by atoms with Gasteiger partial charge in [-0.25, -0.2) is 4.68 Å². The second-order valence-electron chi connectivity index (χ2n) is 2.71. The van der Waals surface area contributed by atoms with Crippen molar-refractivity contribution in [2.75, 3.05) is 7.11 Å². The molecule has 78 valence electrons. The third-order valence-corrected chi connectivity index (χ3v) is 1.93. The van der Waals surface area contributed by atoms with Crippen LogP contribution in [-0.2, 0) is 0 Å². The maximum atomic E-state index is 11.5. The van der Waals surface area contributed by atoms with Gasteiger partial charge in [-0.15, -0.1) is 5.10 Å². The van der Waals surface area contributed by atoms with Gasteiger partial charge in [0.2, 0.25) is 17.1 Å². The minimum Gasteiger partial charge on any atom is -0.480 e. The van der Waals surface area contributed by atoms with Gasteiger partial charge in [0.15, 0.2) is 0 Å². The van der Waals surface area contributed by atoms with E-state index in [0.717, 1.165) is 0 Å². The highest BCUT2D eigenvalue weighted by atomic mass is 35.5. The molecule has 0 aliphatic heterocycles. The van der Waals surface area contributed by atoms with E-state index in [2.05, 4.69) is 15.3 Å². The smallest absolute Gasteiger partial charge is 0.232 e. The minimum atomic E-state index is -0.315. The number of hydrogen-bond donors (Lipinski definition) is 1. The number of nitrogens with one attached hydrogen (secondary N) is 1. The predicted octanol–water partition coefficient (Wildman–Crippen LogP) is 0.618. The Morgan fingerprint density at radius 1 is 1.60 bits per heavy atom. The number of H-pyrrole nitrogens is 1. The molecule has 0 aliphatic rings. The van der Waals surface area contributed by atoms with Crippen molar-refractivity contribution >= 4 is 11.6 Å². The Kier molecular flexibility index (Phi) is 2.42. The van der Waals surface area contributed by atoms with Gasteiger partial charge >= 0.3 is 0 Å². The second kappa shape index (κ2) is 3.74. The monoisotopic (exact) mass is 226 g/mol. The molecule has 2 aromatic rings. The predicted molar refractivity (Wildman–Crippen MR) is 53.5 cm³/mol. The van der Waals surface area contributed by atoms with Gasteiger partial charge in [-0.05, 0) is 0 Å². The van der Waals surface area contributed by atoms with E-state index in [-0.39, 0.29) is 16.4 Å². The minimum absolute atomic E-state index is 0.141. The molecule has 0 aliphatic carbocycles. The Labute approximate surface area is 89.4 Å². The number of hydrogen-bond acceptors (Lipinski definition) is 4. The van der Waals surface area contributed by atoms with Crippen LogP contribution >= 0.6 is 11.6 Å². The molecule has 0 bridgehead atoms. The van der Waals surface area contributed by atoms with Crippen LogP contribution in [0.5, 0.6) is 5.88 Å². The van der Waals surface area contributed by atoms with Gasteiger partial charge in [0.1, 0.15) is 5.15 Å². The molecule has 6 nitrogen and oxygen atoms in total. The molecule has 2 rings (SSSR count). The van der Waals surface area contributed by atoms with Gasteiger partial charge in [-0.1, -0.05) is 11.6 Å². The first kappa shape index (κ1) is 9.72. The van der Waals surface area contributed by atoms with Crippen molar-refractivity contribution in [3.05, 3.63) is 33.7 Å². The zero-order chi connectivity index (χ0) is 10.8. The fourth-order valence-corrected chi connectivity index (χ4v) is 1.21. The van der Waals surface area contributed by atoms with Crippen LogP contribution in [-0.4, -0.2) is 27.1 Å². The average Bonchev–Trinajstić information content (AvgIpc) is 2.66. The van der Waals surface area contributed by atoms with Crippen molar-refractivity contribution in [1.82, 2.24) is 20.0 Å². The van der Waals surface area contributed by atoms with Crippen LogP contribution in [0.1, 0.15) is 0 Å². The molecule has 0 saturated heterocycles. The van der Waals surface area contributed by atoms with E-state index in [1.165, 1.54) is 17.9 Å². The summed E-state index contributed by atoms with van der Waals surface area (Å²) in [7, 11) is 1.49. The van der Waals surface area contributed by atoms with Crippen molar-refractivity contribution in [2.45, 2.75) is 0 Å². The number of aromatic amines is 1. The molecule has 0 unspecified atom stereocenters. The summed E-state index contributed by atoms with van der Waals surface area (Å²) in [5.41, 5.74) is -0.315. The maximum Gasteiger partial charge on any atom is 0.232 e. The van der Waals surface area contributed by atoms with Crippen molar-refractivity contribution in [3.63, 3.8) is 0 Å². The maximum absolute atomic E-state index is 11.5. The standard InChI is InChI=1S/C8H7ClN4O2/c1-15-7-2-3-13(12-7)8-5(14)4-6(9)10-11-8/h2-4H,1H3,(H,10,14). The third-order valence-electron chi connectivity index (χ3n) is 1.74. The first-order chi connectivity index (χ1) is 7.20. The largest absolute Gasteiger partial charge is 0.480 e. The molecule has 15 heavy (non-hydrogen) atoms. The number of nitrogens with zero attached hydrogens (tertiary/aromatic N) is 3. The number of rotatable bonds is 2. The highest BCUT2D eigenvalue weighted by Crippen LogP contribution is 2.07. The lowest BCUT2D eigenvalue weighted by atomic mass is 10.5. The van der Waals surface area contributed by atoms with Crippen LogP contribution in [0.3, 0.4) is 0 Å². The summed E-state index contributed by atoms with van der Waals surface area (Å²) in [5, 5.41) is 10.4. The van der Waals surface area contributed by atoms with Gasteiger partial charge in [0, 0.05) is 18.3 Å². The number of ether oxygens (including phenoxy) is 1. The normalized spacial score (nSPS) is 10.3. The first-order valence-electron chi connectivity index (χ1n) is 4.06.